The van der Waals surface area contributed by atoms with Gasteiger partial charge < -0.3 is 10.2 Å². The van der Waals surface area contributed by atoms with E-state index in [1.54, 1.807) is 35.0 Å². The fourth-order valence-electron chi connectivity index (χ4n) is 3.11. The van der Waals surface area contributed by atoms with Gasteiger partial charge in [-0.15, -0.1) is 0 Å². The molecule has 0 atom stereocenters. The summed E-state index contributed by atoms with van der Waals surface area (Å²) >= 11 is 3.36. The maximum Gasteiger partial charge on any atom is 0.336 e. The first kappa shape index (κ1) is 18.8. The molecule has 4 aromatic rings. The number of aromatic carboxylic acids is 2. The number of hydrogen-bond acceptors (Lipinski definition) is 4. The van der Waals surface area contributed by atoms with Gasteiger partial charge in [0.05, 0.1) is 28.0 Å². The van der Waals surface area contributed by atoms with Crippen molar-refractivity contribution in [3.8, 4) is 17.1 Å². The molecule has 0 amide bonds. The average Bonchev–Trinajstić information content (AvgIpc) is 3.08. The van der Waals surface area contributed by atoms with Crippen molar-refractivity contribution >= 4 is 38.8 Å². The third kappa shape index (κ3) is 3.50. The molecule has 29 heavy (non-hydrogen) atoms. The zero-order valence-corrected chi connectivity index (χ0v) is 16.7. The minimum atomic E-state index is -1.04. The zero-order valence-electron chi connectivity index (χ0n) is 15.1. The Morgan fingerprint density at radius 3 is 2.31 bits per heavy atom. The van der Waals surface area contributed by atoms with Crippen molar-refractivity contribution in [2.75, 3.05) is 0 Å². The maximum absolute atomic E-state index is 11.8. The predicted octanol–water partition coefficient (Wildman–Crippen LogP) is 4.55. The highest BCUT2D eigenvalue weighted by Gasteiger charge is 2.16. The van der Waals surface area contributed by atoms with Crippen LogP contribution in [0.3, 0.4) is 0 Å². The Morgan fingerprint density at radius 2 is 1.66 bits per heavy atom. The van der Waals surface area contributed by atoms with Crippen molar-refractivity contribution in [1.29, 1.82) is 0 Å². The van der Waals surface area contributed by atoms with Crippen molar-refractivity contribution in [2.45, 2.75) is 6.92 Å². The molecule has 0 radical (unpaired) electrons. The molecule has 0 aliphatic rings. The lowest BCUT2D eigenvalue weighted by molar-refractivity contribution is 0.0687. The Bertz CT molecular complexity index is 1280. The Kier molecular flexibility index (Phi) is 4.63. The lowest BCUT2D eigenvalue weighted by Crippen LogP contribution is -2.02. The lowest BCUT2D eigenvalue weighted by Gasteiger charge is -2.06. The van der Waals surface area contributed by atoms with E-state index in [4.69, 9.17) is 5.11 Å². The largest absolute Gasteiger partial charge is 0.478 e. The van der Waals surface area contributed by atoms with E-state index in [0.717, 1.165) is 10.2 Å². The first-order valence-electron chi connectivity index (χ1n) is 8.58. The van der Waals surface area contributed by atoms with Crippen molar-refractivity contribution in [3.63, 3.8) is 0 Å². The monoisotopic (exact) mass is 451 g/mol. The fourth-order valence-corrected chi connectivity index (χ4v) is 3.47. The van der Waals surface area contributed by atoms with E-state index >= 15 is 0 Å². The van der Waals surface area contributed by atoms with E-state index in [2.05, 4.69) is 26.0 Å². The van der Waals surface area contributed by atoms with Crippen LogP contribution in [-0.4, -0.2) is 36.9 Å². The molecule has 0 aliphatic carbocycles. The van der Waals surface area contributed by atoms with Crippen LogP contribution in [0.5, 0.6) is 0 Å². The highest BCUT2D eigenvalue weighted by atomic mass is 79.9. The summed E-state index contributed by atoms with van der Waals surface area (Å²) in [5.74, 6) is -2.04. The van der Waals surface area contributed by atoms with Gasteiger partial charge in [-0.05, 0) is 61.5 Å². The number of rotatable bonds is 4. The van der Waals surface area contributed by atoms with Crippen LogP contribution >= 0.6 is 15.9 Å². The van der Waals surface area contributed by atoms with E-state index in [0.29, 0.717) is 28.0 Å². The number of fused-ring (bicyclic) bond motifs is 1. The molecule has 7 nitrogen and oxygen atoms in total. The van der Waals surface area contributed by atoms with Crippen LogP contribution in [-0.2, 0) is 0 Å². The lowest BCUT2D eigenvalue weighted by atomic mass is 10.1. The Hall–Kier alpha value is -3.52. The molecule has 144 valence electrons. The average molecular weight is 452 g/mol. The number of halogens is 1. The predicted molar refractivity (Wildman–Crippen MR) is 111 cm³/mol. The highest BCUT2D eigenvalue weighted by molar-refractivity contribution is 9.10. The molecule has 0 fully saturated rings. The molecule has 0 unspecified atom stereocenters. The van der Waals surface area contributed by atoms with Gasteiger partial charge in [-0.25, -0.2) is 19.3 Å². The third-order valence-corrected chi connectivity index (χ3v) is 5.00. The maximum atomic E-state index is 11.8. The molecule has 0 saturated carbocycles. The molecular weight excluding hydrogens is 438 g/mol. The fraction of sp³-hybridized carbons (Fsp3) is 0.0476. The molecule has 8 heteroatoms. The van der Waals surface area contributed by atoms with E-state index in [1.165, 1.54) is 18.2 Å². The van der Waals surface area contributed by atoms with Gasteiger partial charge in [0.2, 0.25) is 0 Å². The van der Waals surface area contributed by atoms with E-state index in [9.17, 15) is 14.7 Å². The number of carboxylic acids is 2. The van der Waals surface area contributed by atoms with Crippen LogP contribution in [0.4, 0.5) is 0 Å². The second kappa shape index (κ2) is 7.14. The topological polar surface area (TPSA) is 105 Å². The zero-order chi connectivity index (χ0) is 20.7. The third-order valence-electron chi connectivity index (χ3n) is 4.51. The van der Waals surface area contributed by atoms with Gasteiger partial charge in [-0.3, -0.25) is 0 Å². The summed E-state index contributed by atoms with van der Waals surface area (Å²) in [7, 11) is 0. The smallest absolute Gasteiger partial charge is 0.336 e. The summed E-state index contributed by atoms with van der Waals surface area (Å²) in [6.45, 7) is 1.86. The number of hydrogen-bond donors (Lipinski definition) is 2. The number of benzene rings is 2. The van der Waals surface area contributed by atoms with Gasteiger partial charge in [-0.2, -0.15) is 5.10 Å². The summed E-state index contributed by atoms with van der Waals surface area (Å²) in [6, 6.07) is 15.0. The summed E-state index contributed by atoms with van der Waals surface area (Å²) in [6.07, 6.45) is 0. The molecule has 2 N–H and O–H groups in total. The number of pyridine rings is 1. The quantitative estimate of drug-likeness (QED) is 0.471. The highest BCUT2D eigenvalue weighted by Crippen LogP contribution is 2.28. The van der Waals surface area contributed by atoms with Crippen LogP contribution in [0.2, 0.25) is 0 Å². The standard InChI is InChI=1S/C21H14BrN3O4/c1-11-8-19(24-25(11)14-5-2-12(3-6-14)20(26)27)18-10-16(21(28)29)15-9-13(22)4-7-17(15)23-18/h2-10H,1H3,(H,26,27)(H,28,29). The first-order valence-corrected chi connectivity index (χ1v) is 9.37. The van der Waals surface area contributed by atoms with Gasteiger partial charge in [0.15, 0.2) is 0 Å². The van der Waals surface area contributed by atoms with Crippen LogP contribution in [0, 0.1) is 6.92 Å². The van der Waals surface area contributed by atoms with Crippen molar-refractivity contribution in [3.05, 3.63) is 75.9 Å². The summed E-state index contributed by atoms with van der Waals surface area (Å²) in [5.41, 5.74) is 3.36. The van der Waals surface area contributed by atoms with Crippen LogP contribution in [0.1, 0.15) is 26.4 Å². The SMILES string of the molecule is Cc1cc(-c2cc(C(=O)O)c3cc(Br)ccc3n2)nn1-c1ccc(C(=O)O)cc1. The van der Waals surface area contributed by atoms with Gasteiger partial charge in [0.1, 0.15) is 5.69 Å². The summed E-state index contributed by atoms with van der Waals surface area (Å²) < 4.78 is 2.43. The Morgan fingerprint density at radius 1 is 0.931 bits per heavy atom. The molecule has 2 aromatic heterocycles. The molecule has 0 bridgehead atoms. The van der Waals surface area contributed by atoms with Crippen molar-refractivity contribution < 1.29 is 19.8 Å². The van der Waals surface area contributed by atoms with Gasteiger partial charge >= 0.3 is 11.9 Å². The summed E-state index contributed by atoms with van der Waals surface area (Å²) in [5, 5.41) is 23.8. The molecule has 0 aliphatic heterocycles. The minimum absolute atomic E-state index is 0.143. The first-order chi connectivity index (χ1) is 13.8. The molecule has 2 heterocycles. The molecule has 2 aromatic carbocycles. The van der Waals surface area contributed by atoms with E-state index < -0.39 is 11.9 Å². The Labute approximate surface area is 173 Å². The number of carboxylic acid groups (broad SMARTS) is 2. The number of aryl methyl sites for hydroxylation is 1. The van der Waals surface area contributed by atoms with Gasteiger partial charge in [-0.1, -0.05) is 15.9 Å². The summed E-state index contributed by atoms with van der Waals surface area (Å²) in [4.78, 5) is 27.4. The Balaban J connectivity index is 1.83. The van der Waals surface area contributed by atoms with E-state index in [1.807, 2.05) is 13.0 Å². The molecule has 0 spiro atoms. The van der Waals surface area contributed by atoms with E-state index in [-0.39, 0.29) is 11.1 Å². The van der Waals surface area contributed by atoms with Crippen LogP contribution < -0.4 is 0 Å². The van der Waals surface area contributed by atoms with Gasteiger partial charge in [0, 0.05) is 15.6 Å². The molecule has 4 rings (SSSR count). The van der Waals surface area contributed by atoms with Gasteiger partial charge in [0.25, 0.3) is 0 Å². The normalized spacial score (nSPS) is 11.0. The molecular formula is C21H14BrN3O4. The van der Waals surface area contributed by atoms with Crippen molar-refractivity contribution in [2.24, 2.45) is 0 Å². The van der Waals surface area contributed by atoms with Crippen LogP contribution in [0.25, 0.3) is 28.0 Å². The number of aromatic nitrogens is 3. The van der Waals surface area contributed by atoms with Crippen molar-refractivity contribution in [1.82, 2.24) is 14.8 Å². The minimum Gasteiger partial charge on any atom is -0.478 e. The second-order valence-electron chi connectivity index (χ2n) is 6.46. The number of nitrogens with zero attached hydrogens (tertiary/aromatic N) is 3. The van der Waals surface area contributed by atoms with Crippen LogP contribution in [0.15, 0.2) is 59.1 Å². The number of carbonyl (C=O) groups is 2. The molecule has 0 saturated heterocycles. The second-order valence-corrected chi connectivity index (χ2v) is 7.37.